The van der Waals surface area contributed by atoms with E-state index in [4.69, 9.17) is 4.98 Å². The standard InChI is InChI=1S/C22H18FN5O2.ClH/c1-12(29)14-9-15(11-16(23)10-14)18-19(21-26-27-22(30)28(21)17-7-8-17)25-20(24-18)13-5-3-2-4-6-13;/h2-6,9-11,17H,7-8H2,1H3,(H,24,25)(H,27,30);1H. The van der Waals surface area contributed by atoms with Gasteiger partial charge in [0.2, 0.25) is 0 Å². The minimum atomic E-state index is -0.533. The van der Waals surface area contributed by atoms with E-state index in [1.807, 2.05) is 30.3 Å². The minimum Gasteiger partial charge on any atom is -0.335 e. The third-order valence-electron chi connectivity index (χ3n) is 5.17. The number of nitrogens with zero attached hydrogens (tertiary/aromatic N) is 3. The van der Waals surface area contributed by atoms with Gasteiger partial charge in [0, 0.05) is 22.7 Å². The molecule has 2 heterocycles. The fourth-order valence-electron chi connectivity index (χ4n) is 3.56. The second-order valence-corrected chi connectivity index (χ2v) is 7.41. The van der Waals surface area contributed by atoms with Crippen LogP contribution in [0.5, 0.6) is 0 Å². The summed E-state index contributed by atoms with van der Waals surface area (Å²) in [5, 5.41) is 6.72. The number of ketones is 1. The molecule has 0 radical (unpaired) electrons. The molecule has 1 saturated carbocycles. The molecule has 0 bridgehead atoms. The van der Waals surface area contributed by atoms with E-state index in [1.54, 1.807) is 10.6 Å². The van der Waals surface area contributed by atoms with E-state index in [0.717, 1.165) is 18.4 Å². The van der Waals surface area contributed by atoms with Gasteiger partial charge in [-0.15, -0.1) is 12.4 Å². The van der Waals surface area contributed by atoms with Gasteiger partial charge in [0.05, 0.1) is 0 Å². The SMILES string of the molecule is CC(=O)c1cc(F)cc(-c2nc(-c3ccccc3)[nH]c2-c2n[nH]c(=O)n2C2CC2)c1.Cl. The molecule has 2 aromatic carbocycles. The van der Waals surface area contributed by atoms with Crippen LogP contribution in [0, 0.1) is 5.82 Å². The van der Waals surface area contributed by atoms with E-state index >= 15 is 0 Å². The van der Waals surface area contributed by atoms with Crippen molar-refractivity contribution in [3.05, 3.63) is 70.4 Å². The van der Waals surface area contributed by atoms with Crippen LogP contribution in [0.2, 0.25) is 0 Å². The van der Waals surface area contributed by atoms with E-state index in [-0.39, 0.29) is 35.5 Å². The predicted octanol–water partition coefficient (Wildman–Crippen LogP) is 4.39. The number of aromatic nitrogens is 5. The molecule has 0 saturated heterocycles. The van der Waals surface area contributed by atoms with Crippen LogP contribution in [0.1, 0.15) is 36.2 Å². The zero-order chi connectivity index (χ0) is 20.8. The minimum absolute atomic E-state index is 0. The molecule has 31 heavy (non-hydrogen) atoms. The van der Waals surface area contributed by atoms with Gasteiger partial charge < -0.3 is 4.98 Å². The van der Waals surface area contributed by atoms with Gasteiger partial charge in [-0.3, -0.25) is 9.36 Å². The number of hydrogen-bond donors (Lipinski definition) is 2. The molecule has 0 spiro atoms. The van der Waals surface area contributed by atoms with Gasteiger partial charge in [-0.2, -0.15) is 5.10 Å². The van der Waals surface area contributed by atoms with Gasteiger partial charge in [0.1, 0.15) is 23.0 Å². The Morgan fingerprint density at radius 1 is 1.13 bits per heavy atom. The van der Waals surface area contributed by atoms with Gasteiger partial charge in [-0.1, -0.05) is 30.3 Å². The lowest BCUT2D eigenvalue weighted by molar-refractivity contribution is 0.101. The maximum Gasteiger partial charge on any atom is 0.343 e. The summed E-state index contributed by atoms with van der Waals surface area (Å²) in [6, 6.07) is 13.7. The summed E-state index contributed by atoms with van der Waals surface area (Å²) >= 11 is 0. The Morgan fingerprint density at radius 2 is 1.87 bits per heavy atom. The summed E-state index contributed by atoms with van der Waals surface area (Å²) in [4.78, 5) is 32.1. The Bertz CT molecular complexity index is 1320. The monoisotopic (exact) mass is 439 g/mol. The van der Waals surface area contributed by atoms with Crippen LogP contribution in [0.25, 0.3) is 34.2 Å². The third-order valence-corrected chi connectivity index (χ3v) is 5.17. The summed E-state index contributed by atoms with van der Waals surface area (Å²) in [6.45, 7) is 1.39. The van der Waals surface area contributed by atoms with Crippen molar-refractivity contribution in [3.63, 3.8) is 0 Å². The second-order valence-electron chi connectivity index (χ2n) is 7.41. The number of carbonyl (C=O) groups is 1. The maximum absolute atomic E-state index is 14.3. The lowest BCUT2D eigenvalue weighted by atomic mass is 10.0. The molecule has 1 aliphatic carbocycles. The number of hydrogen-bond acceptors (Lipinski definition) is 4. The van der Waals surface area contributed by atoms with Crippen LogP contribution in [0.3, 0.4) is 0 Å². The highest BCUT2D eigenvalue weighted by Crippen LogP contribution is 2.39. The molecular formula is C22H19ClFN5O2. The smallest absolute Gasteiger partial charge is 0.335 e. The van der Waals surface area contributed by atoms with Crippen molar-refractivity contribution in [1.29, 1.82) is 0 Å². The van der Waals surface area contributed by atoms with Gasteiger partial charge in [0.15, 0.2) is 11.6 Å². The number of aromatic amines is 2. The van der Waals surface area contributed by atoms with Crippen molar-refractivity contribution in [3.8, 4) is 34.2 Å². The molecule has 0 unspecified atom stereocenters. The molecule has 5 rings (SSSR count). The van der Waals surface area contributed by atoms with Crippen LogP contribution >= 0.6 is 12.4 Å². The van der Waals surface area contributed by atoms with Crippen molar-refractivity contribution in [2.24, 2.45) is 0 Å². The Hall–Kier alpha value is -3.52. The van der Waals surface area contributed by atoms with Gasteiger partial charge in [-0.05, 0) is 38.0 Å². The van der Waals surface area contributed by atoms with E-state index < -0.39 is 5.82 Å². The van der Waals surface area contributed by atoms with Crippen LogP contribution in [0.15, 0.2) is 53.3 Å². The topological polar surface area (TPSA) is 96.4 Å². The van der Waals surface area contributed by atoms with E-state index in [1.165, 1.54) is 19.1 Å². The summed E-state index contributed by atoms with van der Waals surface area (Å²) in [6.07, 6.45) is 1.80. The second kappa shape index (κ2) is 7.96. The molecule has 4 aromatic rings. The third kappa shape index (κ3) is 3.82. The number of carbonyl (C=O) groups excluding carboxylic acids is 1. The summed E-state index contributed by atoms with van der Waals surface area (Å²) < 4.78 is 15.9. The van der Waals surface area contributed by atoms with Gasteiger partial charge in [-0.25, -0.2) is 19.3 Å². The number of Topliss-reactive ketones (excluding diaryl/α,β-unsaturated/α-hetero) is 1. The number of nitrogens with one attached hydrogen (secondary N) is 2. The Balaban J connectivity index is 0.00000231. The Morgan fingerprint density at radius 3 is 2.55 bits per heavy atom. The molecule has 9 heteroatoms. The Kier molecular flexibility index (Phi) is 5.32. The van der Waals surface area contributed by atoms with Crippen molar-refractivity contribution in [1.82, 2.24) is 24.7 Å². The fourth-order valence-corrected chi connectivity index (χ4v) is 3.56. The zero-order valence-electron chi connectivity index (χ0n) is 16.6. The van der Waals surface area contributed by atoms with Crippen LogP contribution in [-0.4, -0.2) is 30.5 Å². The van der Waals surface area contributed by atoms with Crippen molar-refractivity contribution in [2.75, 3.05) is 0 Å². The van der Waals surface area contributed by atoms with E-state index in [2.05, 4.69) is 15.2 Å². The summed E-state index contributed by atoms with van der Waals surface area (Å²) in [5.74, 6) is 0.202. The lowest BCUT2D eigenvalue weighted by Crippen LogP contribution is -2.16. The molecule has 0 amide bonds. The first-order valence-electron chi connectivity index (χ1n) is 9.66. The van der Waals surface area contributed by atoms with Crippen LogP contribution in [-0.2, 0) is 0 Å². The Labute approximate surface area is 182 Å². The van der Waals surface area contributed by atoms with Crippen LogP contribution in [0.4, 0.5) is 4.39 Å². The van der Waals surface area contributed by atoms with Crippen LogP contribution < -0.4 is 5.69 Å². The fraction of sp³-hybridized carbons (Fsp3) is 0.182. The first kappa shape index (κ1) is 20.7. The number of rotatable bonds is 5. The van der Waals surface area contributed by atoms with E-state index in [9.17, 15) is 14.0 Å². The van der Waals surface area contributed by atoms with Crippen molar-refractivity contribution >= 4 is 18.2 Å². The van der Waals surface area contributed by atoms with Crippen molar-refractivity contribution in [2.45, 2.75) is 25.8 Å². The number of imidazole rings is 1. The molecular weight excluding hydrogens is 421 g/mol. The van der Waals surface area contributed by atoms with E-state index in [0.29, 0.717) is 28.6 Å². The average molecular weight is 440 g/mol. The predicted molar refractivity (Wildman–Crippen MR) is 117 cm³/mol. The number of H-pyrrole nitrogens is 2. The molecule has 2 aromatic heterocycles. The quantitative estimate of drug-likeness (QED) is 0.450. The highest BCUT2D eigenvalue weighted by Gasteiger charge is 2.31. The highest BCUT2D eigenvalue weighted by atomic mass is 35.5. The van der Waals surface area contributed by atoms with Crippen molar-refractivity contribution < 1.29 is 9.18 Å². The largest absolute Gasteiger partial charge is 0.343 e. The zero-order valence-corrected chi connectivity index (χ0v) is 17.4. The molecule has 158 valence electrons. The number of benzene rings is 2. The molecule has 1 aliphatic rings. The van der Waals surface area contributed by atoms with Gasteiger partial charge in [0.25, 0.3) is 0 Å². The molecule has 2 N–H and O–H groups in total. The normalized spacial score (nSPS) is 13.1. The summed E-state index contributed by atoms with van der Waals surface area (Å²) in [7, 11) is 0. The highest BCUT2D eigenvalue weighted by molar-refractivity contribution is 5.95. The first-order chi connectivity index (χ1) is 14.5. The summed E-state index contributed by atoms with van der Waals surface area (Å²) in [5.41, 5.74) is 2.16. The maximum atomic E-state index is 14.3. The molecule has 0 aliphatic heterocycles. The first-order valence-corrected chi connectivity index (χ1v) is 9.66. The van der Waals surface area contributed by atoms with Gasteiger partial charge >= 0.3 is 5.69 Å². The molecule has 0 atom stereocenters. The molecule has 1 fully saturated rings. The molecule has 7 nitrogen and oxygen atoms in total. The number of halogens is 2. The average Bonchev–Trinajstić information content (AvgIpc) is 3.35. The lowest BCUT2D eigenvalue weighted by Gasteiger charge is -2.06.